The molecule has 12 heteroatoms. The van der Waals surface area contributed by atoms with E-state index in [-0.39, 0.29) is 35.2 Å². The molecule has 8 nitrogen and oxygen atoms in total. The Bertz CT molecular complexity index is 901. The molecule has 1 aromatic carbocycles. The van der Waals surface area contributed by atoms with Crippen LogP contribution in [0.15, 0.2) is 47.5 Å². The SMILES string of the molecule is O=C(NCCO)c1ccc(NS(=O)(=O)c2ccc(OCC(F)(F)F)cc2)cn1. The van der Waals surface area contributed by atoms with Crippen LogP contribution in [-0.2, 0) is 10.0 Å². The van der Waals surface area contributed by atoms with Crippen molar-refractivity contribution in [3.63, 3.8) is 0 Å². The van der Waals surface area contributed by atoms with E-state index in [1.165, 1.54) is 12.1 Å². The molecule has 0 bridgehead atoms. The number of alkyl halides is 3. The first-order valence-corrected chi connectivity index (χ1v) is 9.26. The Morgan fingerprint density at radius 1 is 1.14 bits per heavy atom. The van der Waals surface area contributed by atoms with E-state index in [0.29, 0.717) is 0 Å². The van der Waals surface area contributed by atoms with Crippen LogP contribution in [0.4, 0.5) is 18.9 Å². The summed E-state index contributed by atoms with van der Waals surface area (Å²) < 4.78 is 67.8. The fourth-order valence-electron chi connectivity index (χ4n) is 1.94. The van der Waals surface area contributed by atoms with E-state index >= 15 is 0 Å². The Morgan fingerprint density at radius 3 is 2.36 bits per heavy atom. The molecular formula is C16H16F3N3O5S. The number of sulfonamides is 1. The predicted molar refractivity (Wildman–Crippen MR) is 92.5 cm³/mol. The highest BCUT2D eigenvalue weighted by Crippen LogP contribution is 2.21. The second-order valence-corrected chi connectivity index (χ2v) is 7.07. The summed E-state index contributed by atoms with van der Waals surface area (Å²) in [5.74, 6) is -0.658. The number of amides is 1. The molecule has 0 unspecified atom stereocenters. The topological polar surface area (TPSA) is 118 Å². The third kappa shape index (κ3) is 6.39. The predicted octanol–water partition coefficient (Wildman–Crippen LogP) is 1.55. The number of nitrogens with one attached hydrogen (secondary N) is 2. The van der Waals surface area contributed by atoms with Gasteiger partial charge in [-0.15, -0.1) is 0 Å². The minimum absolute atomic E-state index is 0.0302. The molecule has 0 saturated heterocycles. The molecule has 3 N–H and O–H groups in total. The minimum atomic E-state index is -4.50. The van der Waals surface area contributed by atoms with Crippen molar-refractivity contribution >= 4 is 21.6 Å². The molecule has 2 aromatic rings. The summed E-state index contributed by atoms with van der Waals surface area (Å²) in [4.78, 5) is 15.3. The van der Waals surface area contributed by atoms with Crippen LogP contribution in [0.1, 0.15) is 10.5 Å². The van der Waals surface area contributed by atoms with Crippen LogP contribution in [0.2, 0.25) is 0 Å². The summed E-state index contributed by atoms with van der Waals surface area (Å²) in [5.41, 5.74) is 0.110. The maximum Gasteiger partial charge on any atom is 0.422 e. The molecule has 2 rings (SSSR count). The molecule has 152 valence electrons. The van der Waals surface area contributed by atoms with Gasteiger partial charge in [-0.3, -0.25) is 9.52 Å². The lowest BCUT2D eigenvalue weighted by Crippen LogP contribution is -2.27. The highest BCUT2D eigenvalue weighted by atomic mass is 32.2. The van der Waals surface area contributed by atoms with E-state index in [1.54, 1.807) is 0 Å². The molecule has 28 heavy (non-hydrogen) atoms. The van der Waals surface area contributed by atoms with Crippen molar-refractivity contribution in [2.24, 2.45) is 0 Å². The molecule has 0 aliphatic carbocycles. The summed E-state index contributed by atoms with van der Waals surface area (Å²) in [7, 11) is -4.02. The van der Waals surface area contributed by atoms with Crippen LogP contribution in [0.5, 0.6) is 5.75 Å². The van der Waals surface area contributed by atoms with Crippen molar-refractivity contribution in [1.82, 2.24) is 10.3 Å². The average molecular weight is 419 g/mol. The minimum Gasteiger partial charge on any atom is -0.484 e. The zero-order chi connectivity index (χ0) is 20.8. The molecule has 1 heterocycles. The third-order valence-corrected chi connectivity index (χ3v) is 4.58. The van der Waals surface area contributed by atoms with Gasteiger partial charge in [-0.25, -0.2) is 13.4 Å². The largest absolute Gasteiger partial charge is 0.484 e. The number of ether oxygens (including phenoxy) is 1. The molecule has 0 radical (unpaired) electrons. The molecule has 0 aliphatic rings. The Labute approximate surface area is 158 Å². The van der Waals surface area contributed by atoms with Gasteiger partial charge in [-0.1, -0.05) is 0 Å². The molecule has 0 aliphatic heterocycles. The van der Waals surface area contributed by atoms with E-state index < -0.39 is 28.7 Å². The van der Waals surface area contributed by atoms with E-state index in [1.807, 2.05) is 0 Å². The number of aromatic nitrogens is 1. The van der Waals surface area contributed by atoms with Crippen molar-refractivity contribution in [2.45, 2.75) is 11.1 Å². The van der Waals surface area contributed by atoms with E-state index in [9.17, 15) is 26.4 Å². The Morgan fingerprint density at radius 2 is 1.82 bits per heavy atom. The number of aliphatic hydroxyl groups excluding tert-OH is 1. The molecular weight excluding hydrogens is 403 g/mol. The molecule has 1 aromatic heterocycles. The molecule has 0 spiro atoms. The van der Waals surface area contributed by atoms with Gasteiger partial charge in [0.1, 0.15) is 11.4 Å². The van der Waals surface area contributed by atoms with Crippen LogP contribution in [0, 0.1) is 0 Å². The summed E-state index contributed by atoms with van der Waals surface area (Å²) in [6.07, 6.45) is -3.37. The van der Waals surface area contributed by atoms with Gasteiger partial charge < -0.3 is 15.2 Å². The summed E-state index contributed by atoms with van der Waals surface area (Å²) in [6, 6.07) is 7.01. The van der Waals surface area contributed by atoms with Gasteiger partial charge in [0.25, 0.3) is 15.9 Å². The normalized spacial score (nSPS) is 11.7. The summed E-state index contributed by atoms with van der Waals surface area (Å²) in [6.45, 7) is -1.66. The second kappa shape index (κ2) is 8.89. The first-order valence-electron chi connectivity index (χ1n) is 7.78. The Kier molecular flexibility index (Phi) is 6.80. The lowest BCUT2D eigenvalue weighted by atomic mass is 10.3. The number of hydrogen-bond donors (Lipinski definition) is 3. The number of nitrogens with zero attached hydrogens (tertiary/aromatic N) is 1. The zero-order valence-electron chi connectivity index (χ0n) is 14.2. The Balaban J connectivity index is 2.04. The molecule has 0 fully saturated rings. The molecule has 0 atom stereocenters. The average Bonchev–Trinajstić information content (AvgIpc) is 2.64. The number of rotatable bonds is 8. The number of hydrogen-bond acceptors (Lipinski definition) is 6. The standard InChI is InChI=1S/C16H16F3N3O5S/c17-16(18,19)10-27-12-2-4-13(5-3-12)28(25,26)22-11-1-6-14(21-9-11)15(24)20-7-8-23/h1-6,9,22-23H,7-8,10H2,(H,20,24). The van der Waals surface area contributed by atoms with E-state index in [4.69, 9.17) is 5.11 Å². The fraction of sp³-hybridized carbons (Fsp3) is 0.250. The Hall–Kier alpha value is -2.86. The van der Waals surface area contributed by atoms with Crippen LogP contribution in [0.25, 0.3) is 0 Å². The van der Waals surface area contributed by atoms with E-state index in [0.717, 1.165) is 30.5 Å². The number of aliphatic hydroxyl groups is 1. The van der Waals surface area contributed by atoms with Gasteiger partial charge in [-0.05, 0) is 36.4 Å². The quantitative estimate of drug-likeness (QED) is 0.598. The number of benzene rings is 1. The lowest BCUT2D eigenvalue weighted by molar-refractivity contribution is -0.153. The zero-order valence-corrected chi connectivity index (χ0v) is 15.0. The smallest absolute Gasteiger partial charge is 0.422 e. The van der Waals surface area contributed by atoms with Crippen molar-refractivity contribution in [2.75, 3.05) is 24.5 Å². The summed E-state index contributed by atoms with van der Waals surface area (Å²) >= 11 is 0. The second-order valence-electron chi connectivity index (χ2n) is 5.39. The lowest BCUT2D eigenvalue weighted by Gasteiger charge is -2.11. The van der Waals surface area contributed by atoms with Crippen molar-refractivity contribution in [3.05, 3.63) is 48.3 Å². The van der Waals surface area contributed by atoms with Crippen molar-refractivity contribution in [1.29, 1.82) is 0 Å². The number of carbonyl (C=O) groups excluding carboxylic acids is 1. The first kappa shape index (κ1) is 21.4. The summed E-state index contributed by atoms with van der Waals surface area (Å²) in [5, 5.41) is 11.0. The van der Waals surface area contributed by atoms with Gasteiger partial charge >= 0.3 is 6.18 Å². The number of anilines is 1. The van der Waals surface area contributed by atoms with Crippen LogP contribution in [0.3, 0.4) is 0 Å². The highest BCUT2D eigenvalue weighted by Gasteiger charge is 2.28. The van der Waals surface area contributed by atoms with Gasteiger partial charge in [0.05, 0.1) is 23.4 Å². The third-order valence-electron chi connectivity index (χ3n) is 3.18. The van der Waals surface area contributed by atoms with Crippen LogP contribution < -0.4 is 14.8 Å². The molecule has 1 amide bonds. The van der Waals surface area contributed by atoms with Crippen molar-refractivity contribution < 1.29 is 36.2 Å². The van der Waals surface area contributed by atoms with Crippen LogP contribution in [-0.4, -0.2) is 50.4 Å². The molecule has 0 saturated carbocycles. The first-order chi connectivity index (χ1) is 13.1. The number of halogens is 3. The maximum absolute atomic E-state index is 12.3. The number of pyridine rings is 1. The van der Waals surface area contributed by atoms with Crippen molar-refractivity contribution in [3.8, 4) is 5.75 Å². The monoisotopic (exact) mass is 419 g/mol. The van der Waals surface area contributed by atoms with Gasteiger partial charge in [0.2, 0.25) is 0 Å². The van der Waals surface area contributed by atoms with Gasteiger partial charge in [-0.2, -0.15) is 13.2 Å². The van der Waals surface area contributed by atoms with Gasteiger partial charge in [0.15, 0.2) is 6.61 Å². The van der Waals surface area contributed by atoms with Gasteiger partial charge in [0, 0.05) is 6.54 Å². The maximum atomic E-state index is 12.3. The van der Waals surface area contributed by atoms with E-state index in [2.05, 4.69) is 19.8 Å². The number of carbonyl (C=O) groups is 1. The fourth-order valence-corrected chi connectivity index (χ4v) is 2.99. The van der Waals surface area contributed by atoms with Crippen LogP contribution >= 0.6 is 0 Å². The highest BCUT2D eigenvalue weighted by molar-refractivity contribution is 7.92.